The number of hydrogen-bond acceptors (Lipinski definition) is 5. The second-order valence-corrected chi connectivity index (χ2v) is 6.08. The fourth-order valence-corrected chi connectivity index (χ4v) is 2.93. The molecule has 0 saturated carbocycles. The number of aliphatic hydroxyl groups excluding tert-OH is 1. The Morgan fingerprint density at radius 1 is 1.43 bits per heavy atom. The summed E-state index contributed by atoms with van der Waals surface area (Å²) in [4.78, 5) is 14.0. The maximum atomic E-state index is 11.8. The van der Waals surface area contributed by atoms with E-state index in [9.17, 15) is 9.90 Å². The van der Waals surface area contributed by atoms with Gasteiger partial charge in [-0.1, -0.05) is 18.2 Å². The third kappa shape index (κ3) is 5.52. The zero-order valence-electron chi connectivity index (χ0n) is 14.0. The van der Waals surface area contributed by atoms with Gasteiger partial charge in [0.1, 0.15) is 18.5 Å². The molecule has 1 N–H and O–H groups in total. The molecule has 0 radical (unpaired) electrons. The van der Waals surface area contributed by atoms with E-state index in [0.29, 0.717) is 19.7 Å². The Balaban J connectivity index is 1.77. The molecule has 0 aromatic heterocycles. The molecule has 5 nitrogen and oxygen atoms in total. The van der Waals surface area contributed by atoms with Crippen molar-refractivity contribution in [3.63, 3.8) is 0 Å². The van der Waals surface area contributed by atoms with Gasteiger partial charge in [-0.3, -0.25) is 9.69 Å². The summed E-state index contributed by atoms with van der Waals surface area (Å²) in [5.41, 5.74) is 1.06. The molecule has 23 heavy (non-hydrogen) atoms. The molecule has 1 aliphatic heterocycles. The Labute approximate surface area is 138 Å². The molecule has 0 aliphatic carbocycles. The van der Waals surface area contributed by atoms with E-state index >= 15 is 0 Å². The number of carbonyl (C=O) groups is 1. The number of likely N-dealkylation sites (tertiary alicyclic amines) is 1. The van der Waals surface area contributed by atoms with E-state index in [1.54, 1.807) is 0 Å². The maximum absolute atomic E-state index is 11.8. The van der Waals surface area contributed by atoms with E-state index in [0.717, 1.165) is 30.7 Å². The van der Waals surface area contributed by atoms with Crippen LogP contribution in [0.1, 0.15) is 25.3 Å². The monoisotopic (exact) mass is 321 g/mol. The van der Waals surface area contributed by atoms with Crippen molar-refractivity contribution in [1.29, 1.82) is 0 Å². The van der Waals surface area contributed by atoms with Gasteiger partial charge in [-0.25, -0.2) is 0 Å². The third-order valence-electron chi connectivity index (χ3n) is 4.12. The molecule has 2 rings (SSSR count). The number of benzene rings is 1. The topological polar surface area (TPSA) is 59.0 Å². The van der Waals surface area contributed by atoms with E-state index in [2.05, 4.69) is 4.90 Å². The van der Waals surface area contributed by atoms with Gasteiger partial charge in [0, 0.05) is 13.1 Å². The molecule has 128 valence electrons. The van der Waals surface area contributed by atoms with Crippen molar-refractivity contribution in [3.05, 3.63) is 29.8 Å². The first-order valence-corrected chi connectivity index (χ1v) is 8.35. The minimum atomic E-state index is -0.574. The van der Waals surface area contributed by atoms with Crippen LogP contribution in [-0.4, -0.2) is 54.9 Å². The van der Waals surface area contributed by atoms with Gasteiger partial charge < -0.3 is 14.6 Å². The van der Waals surface area contributed by atoms with Gasteiger partial charge in [-0.05, 0) is 44.9 Å². The quantitative estimate of drug-likeness (QED) is 0.779. The highest BCUT2D eigenvalue weighted by molar-refractivity contribution is 5.72. The minimum absolute atomic E-state index is 0.0758. The molecule has 0 amide bonds. The summed E-state index contributed by atoms with van der Waals surface area (Å²) in [6.07, 6.45) is 1.25. The smallest absolute Gasteiger partial charge is 0.310 e. The second kappa shape index (κ2) is 8.89. The number of β-amino-alcohol motifs (C(OH)–C–C–N with tert-alkyl or cyclic N) is 1. The standard InChI is InChI=1S/C18H27NO4/c1-3-22-18(21)15-8-6-10-19(11-15)12-16(20)13-23-17-9-5-4-7-14(17)2/h4-5,7,9,15-16,20H,3,6,8,10-13H2,1-2H3/t15-,16-/m1/s1. The number of hydrogen-bond donors (Lipinski definition) is 1. The zero-order valence-corrected chi connectivity index (χ0v) is 14.0. The van der Waals surface area contributed by atoms with Crippen molar-refractivity contribution < 1.29 is 19.4 Å². The lowest BCUT2D eigenvalue weighted by molar-refractivity contribution is -0.150. The van der Waals surface area contributed by atoms with Crippen LogP contribution in [0.4, 0.5) is 0 Å². The molecule has 5 heteroatoms. The van der Waals surface area contributed by atoms with Gasteiger partial charge in [0.05, 0.1) is 12.5 Å². The van der Waals surface area contributed by atoms with Crippen LogP contribution in [0.3, 0.4) is 0 Å². The van der Waals surface area contributed by atoms with E-state index in [4.69, 9.17) is 9.47 Å². The number of rotatable bonds is 7. The summed E-state index contributed by atoms with van der Waals surface area (Å²) in [5.74, 6) is 0.602. The maximum Gasteiger partial charge on any atom is 0.310 e. The van der Waals surface area contributed by atoms with Crippen LogP contribution in [-0.2, 0) is 9.53 Å². The average Bonchev–Trinajstić information content (AvgIpc) is 2.54. The largest absolute Gasteiger partial charge is 0.491 e. The number of para-hydroxylation sites is 1. The van der Waals surface area contributed by atoms with Gasteiger partial charge in [-0.2, -0.15) is 0 Å². The third-order valence-corrected chi connectivity index (χ3v) is 4.12. The fourth-order valence-electron chi connectivity index (χ4n) is 2.93. The summed E-state index contributed by atoms with van der Waals surface area (Å²) in [5, 5.41) is 10.2. The van der Waals surface area contributed by atoms with Gasteiger partial charge in [0.15, 0.2) is 0 Å². The molecular weight excluding hydrogens is 294 g/mol. The molecule has 0 bridgehead atoms. The van der Waals surface area contributed by atoms with Gasteiger partial charge >= 0.3 is 5.97 Å². The van der Waals surface area contributed by atoms with Gasteiger partial charge in [0.2, 0.25) is 0 Å². The Hall–Kier alpha value is -1.59. The second-order valence-electron chi connectivity index (χ2n) is 6.08. The van der Waals surface area contributed by atoms with Crippen molar-refractivity contribution in [2.24, 2.45) is 5.92 Å². The molecule has 0 unspecified atom stereocenters. The van der Waals surface area contributed by atoms with Crippen molar-refractivity contribution >= 4 is 5.97 Å². The molecule has 0 spiro atoms. The van der Waals surface area contributed by atoms with E-state index in [1.807, 2.05) is 38.1 Å². The van der Waals surface area contributed by atoms with E-state index in [-0.39, 0.29) is 18.5 Å². The SMILES string of the molecule is CCOC(=O)[C@@H]1CCCN(C[C@@H](O)COc2ccccc2C)C1. The summed E-state index contributed by atoms with van der Waals surface area (Å²) in [6.45, 7) is 6.55. The predicted molar refractivity (Wildman–Crippen MR) is 88.5 cm³/mol. The summed E-state index contributed by atoms with van der Waals surface area (Å²) < 4.78 is 10.8. The number of piperidine rings is 1. The highest BCUT2D eigenvalue weighted by Gasteiger charge is 2.27. The van der Waals surface area contributed by atoms with Crippen LogP contribution in [0, 0.1) is 12.8 Å². The van der Waals surface area contributed by atoms with Gasteiger partial charge in [0.25, 0.3) is 0 Å². The summed E-state index contributed by atoms with van der Waals surface area (Å²) in [7, 11) is 0. The molecule has 2 atom stereocenters. The average molecular weight is 321 g/mol. The summed E-state index contributed by atoms with van der Waals surface area (Å²) in [6, 6.07) is 7.77. The fraction of sp³-hybridized carbons (Fsp3) is 0.611. The number of aliphatic hydroxyl groups is 1. The molecule has 1 saturated heterocycles. The predicted octanol–water partition coefficient (Wildman–Crippen LogP) is 2.01. The minimum Gasteiger partial charge on any atom is -0.491 e. The van der Waals surface area contributed by atoms with Gasteiger partial charge in [-0.15, -0.1) is 0 Å². The van der Waals surface area contributed by atoms with Crippen molar-refractivity contribution in [2.45, 2.75) is 32.8 Å². The Morgan fingerprint density at radius 3 is 2.96 bits per heavy atom. The highest BCUT2D eigenvalue weighted by Crippen LogP contribution is 2.19. The lowest BCUT2D eigenvalue weighted by Gasteiger charge is -2.32. The van der Waals surface area contributed by atoms with E-state index < -0.39 is 6.10 Å². The summed E-state index contributed by atoms with van der Waals surface area (Å²) >= 11 is 0. The Kier molecular flexibility index (Phi) is 6.86. The molecule has 1 aromatic carbocycles. The zero-order chi connectivity index (χ0) is 16.7. The highest BCUT2D eigenvalue weighted by atomic mass is 16.5. The molecule has 1 heterocycles. The van der Waals surface area contributed by atoms with Crippen LogP contribution in [0.25, 0.3) is 0 Å². The van der Waals surface area contributed by atoms with Crippen molar-refractivity contribution in [1.82, 2.24) is 4.90 Å². The number of carbonyl (C=O) groups excluding carboxylic acids is 1. The first-order chi connectivity index (χ1) is 11.1. The molecule has 1 aliphatic rings. The van der Waals surface area contributed by atoms with Crippen LogP contribution in [0.15, 0.2) is 24.3 Å². The molecule has 1 aromatic rings. The normalized spacial score (nSPS) is 20.0. The Morgan fingerprint density at radius 2 is 2.22 bits per heavy atom. The lowest BCUT2D eigenvalue weighted by Crippen LogP contribution is -2.44. The van der Waals surface area contributed by atoms with Crippen LogP contribution in [0.2, 0.25) is 0 Å². The van der Waals surface area contributed by atoms with Crippen LogP contribution < -0.4 is 4.74 Å². The number of nitrogens with zero attached hydrogens (tertiary/aromatic N) is 1. The first-order valence-electron chi connectivity index (χ1n) is 8.35. The van der Waals surface area contributed by atoms with E-state index in [1.165, 1.54) is 0 Å². The molecule has 1 fully saturated rings. The van der Waals surface area contributed by atoms with Crippen molar-refractivity contribution in [2.75, 3.05) is 32.8 Å². The number of esters is 1. The van der Waals surface area contributed by atoms with Crippen LogP contribution in [0.5, 0.6) is 5.75 Å². The molecular formula is C18H27NO4. The Bertz CT molecular complexity index is 506. The number of aryl methyl sites for hydroxylation is 1. The van der Waals surface area contributed by atoms with Crippen LogP contribution >= 0.6 is 0 Å². The lowest BCUT2D eigenvalue weighted by atomic mass is 9.98. The first kappa shape index (κ1) is 17.8. The van der Waals surface area contributed by atoms with Crippen molar-refractivity contribution in [3.8, 4) is 5.75 Å². The number of ether oxygens (including phenoxy) is 2.